The van der Waals surface area contributed by atoms with Crippen molar-refractivity contribution in [2.24, 2.45) is 5.16 Å². The zero-order chi connectivity index (χ0) is 10.1. The van der Waals surface area contributed by atoms with Crippen molar-refractivity contribution in [2.75, 3.05) is 0 Å². The summed E-state index contributed by atoms with van der Waals surface area (Å²) in [5, 5.41) is 11.3. The van der Waals surface area contributed by atoms with Gasteiger partial charge in [0.25, 0.3) is 0 Å². The minimum atomic E-state index is -4.14. The summed E-state index contributed by atoms with van der Waals surface area (Å²) < 4.78 is 29.7. The van der Waals surface area contributed by atoms with E-state index < -0.39 is 10.1 Å². The predicted molar refractivity (Wildman–Crippen MR) is 48.1 cm³/mol. The normalized spacial score (nSPS) is 13.2. The van der Waals surface area contributed by atoms with Gasteiger partial charge in [-0.1, -0.05) is 5.16 Å². The van der Waals surface area contributed by atoms with Crippen molar-refractivity contribution in [3.63, 3.8) is 0 Å². The summed E-state index contributed by atoms with van der Waals surface area (Å²) in [6.07, 6.45) is 0. The number of rotatable bonds is 2. The van der Waals surface area contributed by atoms with Crippen LogP contribution in [0.1, 0.15) is 11.8 Å². The van der Waals surface area contributed by atoms with Gasteiger partial charge in [-0.3, -0.25) is 4.55 Å². The maximum Gasteiger partial charge on any atom is 0.304 e. The summed E-state index contributed by atoms with van der Waals surface area (Å²) >= 11 is 0.844. The molecule has 7 heteroatoms. The maximum absolute atomic E-state index is 10.6. The SMILES string of the molecule is CC(=NO)c1ccc(S(=O)(=O)O)s1. The molecule has 0 aromatic carbocycles. The van der Waals surface area contributed by atoms with Crippen LogP contribution in [0.15, 0.2) is 21.5 Å². The van der Waals surface area contributed by atoms with Gasteiger partial charge in [-0.2, -0.15) is 8.42 Å². The van der Waals surface area contributed by atoms with Gasteiger partial charge in [0.1, 0.15) is 4.21 Å². The van der Waals surface area contributed by atoms with E-state index in [0.29, 0.717) is 10.6 Å². The summed E-state index contributed by atoms with van der Waals surface area (Å²) in [5.41, 5.74) is 0.305. The molecule has 5 nitrogen and oxygen atoms in total. The van der Waals surface area contributed by atoms with Gasteiger partial charge in [0.05, 0.1) is 10.6 Å². The molecular formula is C6H7NO4S2. The van der Waals surface area contributed by atoms with Crippen molar-refractivity contribution in [3.8, 4) is 0 Å². The molecule has 1 heterocycles. The molecule has 0 aliphatic heterocycles. The molecule has 0 aliphatic carbocycles. The molecule has 0 atom stereocenters. The molecule has 2 N–H and O–H groups in total. The third-order valence-electron chi connectivity index (χ3n) is 1.34. The second-order valence-corrected chi connectivity index (χ2v) is 5.01. The van der Waals surface area contributed by atoms with Crippen LogP contribution in [0.3, 0.4) is 0 Å². The Hall–Kier alpha value is -0.920. The number of hydrogen-bond donors (Lipinski definition) is 2. The summed E-state index contributed by atoms with van der Waals surface area (Å²) in [6.45, 7) is 1.53. The van der Waals surface area contributed by atoms with Crippen molar-refractivity contribution in [3.05, 3.63) is 17.0 Å². The molecule has 72 valence electrons. The molecule has 0 fully saturated rings. The van der Waals surface area contributed by atoms with Crippen LogP contribution in [0.5, 0.6) is 0 Å². The largest absolute Gasteiger partial charge is 0.411 e. The van der Waals surface area contributed by atoms with E-state index in [-0.39, 0.29) is 4.21 Å². The van der Waals surface area contributed by atoms with Crippen LogP contribution in [0, 0.1) is 0 Å². The summed E-state index contributed by atoms with van der Waals surface area (Å²) in [7, 11) is -4.14. The third kappa shape index (κ3) is 2.27. The molecule has 0 bridgehead atoms. The molecule has 0 saturated heterocycles. The van der Waals surface area contributed by atoms with E-state index in [9.17, 15) is 8.42 Å². The highest BCUT2D eigenvalue weighted by Crippen LogP contribution is 2.21. The monoisotopic (exact) mass is 221 g/mol. The van der Waals surface area contributed by atoms with Crippen molar-refractivity contribution in [1.82, 2.24) is 0 Å². The molecule has 0 amide bonds. The molecule has 1 aromatic heterocycles. The second kappa shape index (κ2) is 3.44. The molecule has 0 saturated carbocycles. The standard InChI is InChI=1S/C6H7NO4S2/c1-4(7-8)5-2-3-6(12-5)13(9,10)11/h2-3,8H,1H3,(H,9,10,11). The Balaban J connectivity index is 3.15. The predicted octanol–water partition coefficient (Wildman–Crippen LogP) is 1.19. The Morgan fingerprint density at radius 3 is 2.54 bits per heavy atom. The lowest BCUT2D eigenvalue weighted by Gasteiger charge is -1.90. The Morgan fingerprint density at radius 2 is 2.15 bits per heavy atom. The van der Waals surface area contributed by atoms with Crippen molar-refractivity contribution in [2.45, 2.75) is 11.1 Å². The van der Waals surface area contributed by atoms with Crippen molar-refractivity contribution >= 4 is 27.2 Å². The fourth-order valence-corrected chi connectivity index (χ4v) is 2.31. The first kappa shape index (κ1) is 10.2. The molecular weight excluding hydrogens is 214 g/mol. The molecule has 0 unspecified atom stereocenters. The average Bonchev–Trinajstić information content (AvgIpc) is 2.50. The maximum atomic E-state index is 10.6. The van der Waals surface area contributed by atoms with E-state index in [2.05, 4.69) is 5.16 Å². The highest BCUT2D eigenvalue weighted by Gasteiger charge is 2.13. The second-order valence-electron chi connectivity index (χ2n) is 2.28. The molecule has 13 heavy (non-hydrogen) atoms. The molecule has 1 rings (SSSR count). The lowest BCUT2D eigenvalue weighted by atomic mass is 10.3. The van der Waals surface area contributed by atoms with Crippen LogP contribution in [0.4, 0.5) is 0 Å². The van der Waals surface area contributed by atoms with Crippen LogP contribution in [-0.2, 0) is 10.1 Å². The summed E-state index contributed by atoms with van der Waals surface area (Å²) in [6, 6.07) is 2.72. The van der Waals surface area contributed by atoms with E-state index in [4.69, 9.17) is 9.76 Å². The van der Waals surface area contributed by atoms with Gasteiger partial charge in [0.2, 0.25) is 0 Å². The minimum absolute atomic E-state index is 0.162. The summed E-state index contributed by atoms with van der Waals surface area (Å²) in [4.78, 5) is 0.495. The van der Waals surface area contributed by atoms with Gasteiger partial charge in [0.15, 0.2) is 0 Å². The van der Waals surface area contributed by atoms with Gasteiger partial charge in [-0.15, -0.1) is 11.3 Å². The van der Waals surface area contributed by atoms with Gasteiger partial charge in [0, 0.05) is 0 Å². The molecule has 0 radical (unpaired) electrons. The van der Waals surface area contributed by atoms with Crippen molar-refractivity contribution < 1.29 is 18.2 Å². The highest BCUT2D eigenvalue weighted by molar-refractivity contribution is 7.88. The van der Waals surface area contributed by atoms with Gasteiger partial charge < -0.3 is 5.21 Å². The first-order valence-corrected chi connectivity index (χ1v) is 5.47. The topological polar surface area (TPSA) is 87.0 Å². The Bertz CT molecular complexity index is 431. The zero-order valence-electron chi connectivity index (χ0n) is 6.63. The molecule has 0 aliphatic rings. The lowest BCUT2D eigenvalue weighted by Crippen LogP contribution is -1.93. The first-order chi connectivity index (χ1) is 5.95. The third-order valence-corrected chi connectivity index (χ3v) is 3.86. The number of nitrogens with zero attached hydrogens (tertiary/aromatic N) is 1. The van der Waals surface area contributed by atoms with Crippen LogP contribution >= 0.6 is 11.3 Å². The quantitative estimate of drug-likeness (QED) is 0.340. The van der Waals surface area contributed by atoms with Crippen molar-refractivity contribution in [1.29, 1.82) is 0 Å². The van der Waals surface area contributed by atoms with Crippen LogP contribution in [0.25, 0.3) is 0 Å². The molecule has 0 spiro atoms. The average molecular weight is 221 g/mol. The van der Waals surface area contributed by atoms with Gasteiger partial charge in [-0.25, -0.2) is 0 Å². The van der Waals surface area contributed by atoms with Gasteiger partial charge >= 0.3 is 10.1 Å². The Labute approximate surface area is 79.1 Å². The fourth-order valence-electron chi connectivity index (χ4n) is 0.703. The minimum Gasteiger partial charge on any atom is -0.411 e. The Kier molecular flexibility index (Phi) is 2.69. The van der Waals surface area contributed by atoms with E-state index in [1.165, 1.54) is 19.1 Å². The van der Waals surface area contributed by atoms with Gasteiger partial charge in [-0.05, 0) is 19.1 Å². The first-order valence-electron chi connectivity index (χ1n) is 3.21. The van der Waals surface area contributed by atoms with E-state index in [1.54, 1.807) is 0 Å². The number of hydrogen-bond acceptors (Lipinski definition) is 5. The number of oxime groups is 1. The smallest absolute Gasteiger partial charge is 0.304 e. The van der Waals surface area contributed by atoms with Crippen LogP contribution in [0.2, 0.25) is 0 Å². The summed E-state index contributed by atoms with van der Waals surface area (Å²) in [5.74, 6) is 0. The fraction of sp³-hybridized carbons (Fsp3) is 0.167. The van der Waals surface area contributed by atoms with Crippen LogP contribution < -0.4 is 0 Å². The molecule has 1 aromatic rings. The van der Waals surface area contributed by atoms with E-state index in [0.717, 1.165) is 11.3 Å². The van der Waals surface area contributed by atoms with E-state index >= 15 is 0 Å². The van der Waals surface area contributed by atoms with E-state index in [1.807, 2.05) is 0 Å². The highest BCUT2D eigenvalue weighted by atomic mass is 32.3. The lowest BCUT2D eigenvalue weighted by molar-refractivity contribution is 0.319. The zero-order valence-corrected chi connectivity index (χ0v) is 8.26. The van der Waals surface area contributed by atoms with Crippen LogP contribution in [-0.4, -0.2) is 23.9 Å². The number of thiophene rings is 1. The Morgan fingerprint density at radius 1 is 1.54 bits per heavy atom.